The molecule has 0 saturated carbocycles. The molecule has 0 aliphatic carbocycles. The molecule has 0 aliphatic rings. The monoisotopic (exact) mass is 359 g/mol. The molecule has 0 bridgehead atoms. The summed E-state index contributed by atoms with van der Waals surface area (Å²) in [5.41, 5.74) is 0.160. The zero-order valence-electron chi connectivity index (χ0n) is 11.7. The first-order chi connectivity index (χ1) is 10.7. The third kappa shape index (κ3) is 5.30. The minimum absolute atomic E-state index is 0.283. The van der Waals surface area contributed by atoms with Crippen molar-refractivity contribution in [2.45, 2.75) is 5.75 Å². The number of hydrogen-bond acceptors (Lipinski definition) is 3. The number of halogens is 3. The van der Waals surface area contributed by atoms with Crippen LogP contribution in [0.3, 0.4) is 0 Å². The van der Waals surface area contributed by atoms with Gasteiger partial charge in [-0.25, -0.2) is 17.2 Å². The van der Waals surface area contributed by atoms with Crippen LogP contribution in [-0.2, 0) is 20.4 Å². The molecular weight excluding hydrogens is 348 g/mol. The number of carbonyl (C=O) groups excluding carboxylic acids is 1. The second-order valence-electron chi connectivity index (χ2n) is 4.83. The molecule has 23 heavy (non-hydrogen) atoms. The van der Waals surface area contributed by atoms with Crippen LogP contribution in [0.4, 0.5) is 14.5 Å². The minimum Gasteiger partial charge on any atom is -0.323 e. The summed E-state index contributed by atoms with van der Waals surface area (Å²) < 4.78 is 50.2. The Morgan fingerprint density at radius 2 is 1.87 bits per heavy atom. The number of hydrogen-bond donors (Lipinski definition) is 1. The fourth-order valence-electron chi connectivity index (χ4n) is 1.91. The third-order valence-corrected chi connectivity index (χ3v) is 4.54. The van der Waals surface area contributed by atoms with Crippen LogP contribution in [0.15, 0.2) is 42.5 Å². The molecule has 2 rings (SSSR count). The lowest BCUT2D eigenvalue weighted by molar-refractivity contribution is -0.113. The summed E-state index contributed by atoms with van der Waals surface area (Å²) in [6.45, 7) is 0. The average Bonchev–Trinajstić information content (AvgIpc) is 2.40. The lowest BCUT2D eigenvalue weighted by Crippen LogP contribution is -2.24. The SMILES string of the molecule is O=C(CS(=O)(=O)Cc1cccc(Cl)c1)Nc1ccc(F)cc1F. The van der Waals surface area contributed by atoms with Gasteiger partial charge in [-0.15, -0.1) is 0 Å². The van der Waals surface area contributed by atoms with Crippen LogP contribution in [0.25, 0.3) is 0 Å². The first-order valence-electron chi connectivity index (χ1n) is 6.45. The van der Waals surface area contributed by atoms with E-state index in [-0.39, 0.29) is 11.4 Å². The normalized spacial score (nSPS) is 11.3. The maximum atomic E-state index is 13.4. The highest BCUT2D eigenvalue weighted by Crippen LogP contribution is 2.16. The van der Waals surface area contributed by atoms with E-state index >= 15 is 0 Å². The Morgan fingerprint density at radius 1 is 1.13 bits per heavy atom. The van der Waals surface area contributed by atoms with Crippen LogP contribution >= 0.6 is 11.6 Å². The van der Waals surface area contributed by atoms with Gasteiger partial charge in [-0.3, -0.25) is 4.79 Å². The highest BCUT2D eigenvalue weighted by Gasteiger charge is 2.18. The van der Waals surface area contributed by atoms with Crippen molar-refractivity contribution in [1.29, 1.82) is 0 Å². The molecule has 0 fully saturated rings. The smallest absolute Gasteiger partial charge is 0.239 e. The minimum atomic E-state index is -3.76. The number of amides is 1. The fourth-order valence-corrected chi connectivity index (χ4v) is 3.38. The van der Waals surface area contributed by atoms with E-state index in [1.165, 1.54) is 6.07 Å². The van der Waals surface area contributed by atoms with Gasteiger partial charge in [-0.05, 0) is 29.8 Å². The molecule has 0 spiro atoms. The largest absolute Gasteiger partial charge is 0.323 e. The molecule has 122 valence electrons. The van der Waals surface area contributed by atoms with Gasteiger partial charge in [-0.1, -0.05) is 23.7 Å². The van der Waals surface area contributed by atoms with E-state index in [1.807, 2.05) is 0 Å². The van der Waals surface area contributed by atoms with Crippen molar-refractivity contribution in [3.63, 3.8) is 0 Å². The number of anilines is 1. The van der Waals surface area contributed by atoms with E-state index in [9.17, 15) is 22.0 Å². The first-order valence-corrected chi connectivity index (χ1v) is 8.65. The van der Waals surface area contributed by atoms with Gasteiger partial charge >= 0.3 is 0 Å². The number of benzene rings is 2. The molecule has 0 heterocycles. The summed E-state index contributed by atoms with van der Waals surface area (Å²) in [7, 11) is -3.76. The van der Waals surface area contributed by atoms with Crippen LogP contribution in [0.1, 0.15) is 5.56 Å². The maximum absolute atomic E-state index is 13.4. The van der Waals surface area contributed by atoms with Crippen molar-refractivity contribution < 1.29 is 22.0 Å². The highest BCUT2D eigenvalue weighted by atomic mass is 35.5. The molecule has 0 unspecified atom stereocenters. The zero-order chi connectivity index (χ0) is 17.0. The van der Waals surface area contributed by atoms with Crippen LogP contribution in [0, 0.1) is 11.6 Å². The predicted molar refractivity (Wildman–Crippen MR) is 83.9 cm³/mol. The molecule has 4 nitrogen and oxygen atoms in total. The Bertz CT molecular complexity index is 840. The summed E-state index contributed by atoms with van der Waals surface area (Å²) in [4.78, 5) is 11.7. The summed E-state index contributed by atoms with van der Waals surface area (Å²) >= 11 is 5.77. The van der Waals surface area contributed by atoms with Crippen LogP contribution in [-0.4, -0.2) is 20.1 Å². The van der Waals surface area contributed by atoms with E-state index in [4.69, 9.17) is 11.6 Å². The fraction of sp³-hybridized carbons (Fsp3) is 0.133. The van der Waals surface area contributed by atoms with E-state index < -0.39 is 33.1 Å². The average molecular weight is 360 g/mol. The molecule has 0 radical (unpaired) electrons. The van der Waals surface area contributed by atoms with E-state index in [2.05, 4.69) is 5.32 Å². The second kappa shape index (κ2) is 7.06. The summed E-state index contributed by atoms with van der Waals surface area (Å²) in [5.74, 6) is -3.87. The predicted octanol–water partition coefficient (Wildman–Crippen LogP) is 3.17. The van der Waals surface area contributed by atoms with Gasteiger partial charge in [0.05, 0.1) is 11.4 Å². The Kier molecular flexibility index (Phi) is 5.33. The van der Waals surface area contributed by atoms with Gasteiger partial charge in [0.15, 0.2) is 9.84 Å². The van der Waals surface area contributed by atoms with Gasteiger partial charge in [0.1, 0.15) is 17.4 Å². The van der Waals surface area contributed by atoms with Gasteiger partial charge in [0.2, 0.25) is 5.91 Å². The zero-order valence-corrected chi connectivity index (χ0v) is 13.3. The van der Waals surface area contributed by atoms with E-state index in [0.29, 0.717) is 16.7 Å². The van der Waals surface area contributed by atoms with Crippen molar-refractivity contribution in [2.24, 2.45) is 0 Å². The summed E-state index contributed by atoms with van der Waals surface area (Å²) in [6.07, 6.45) is 0. The topological polar surface area (TPSA) is 63.2 Å². The molecule has 1 amide bonds. The summed E-state index contributed by atoms with van der Waals surface area (Å²) in [5, 5.41) is 2.49. The summed E-state index contributed by atoms with van der Waals surface area (Å²) in [6, 6.07) is 8.82. The molecule has 0 aromatic heterocycles. The van der Waals surface area contributed by atoms with Crippen molar-refractivity contribution >= 4 is 33.0 Å². The van der Waals surface area contributed by atoms with Crippen molar-refractivity contribution in [3.8, 4) is 0 Å². The van der Waals surface area contributed by atoms with E-state index in [0.717, 1.165) is 12.1 Å². The van der Waals surface area contributed by atoms with Crippen molar-refractivity contribution in [1.82, 2.24) is 0 Å². The highest BCUT2D eigenvalue weighted by molar-refractivity contribution is 7.91. The van der Waals surface area contributed by atoms with Gasteiger partial charge in [-0.2, -0.15) is 0 Å². The van der Waals surface area contributed by atoms with Gasteiger partial charge < -0.3 is 5.32 Å². The van der Waals surface area contributed by atoms with Gasteiger partial charge in [0.25, 0.3) is 0 Å². The molecule has 1 N–H and O–H groups in total. The van der Waals surface area contributed by atoms with Gasteiger partial charge in [0, 0.05) is 11.1 Å². The van der Waals surface area contributed by atoms with Crippen LogP contribution < -0.4 is 5.32 Å². The number of nitrogens with one attached hydrogen (secondary N) is 1. The Labute approximate surface area is 137 Å². The Hall–Kier alpha value is -1.99. The molecule has 2 aromatic rings. The second-order valence-corrected chi connectivity index (χ2v) is 7.34. The third-order valence-electron chi connectivity index (χ3n) is 2.83. The molecular formula is C15H12ClF2NO3S. The lowest BCUT2D eigenvalue weighted by atomic mass is 10.2. The standard InChI is InChI=1S/C15H12ClF2NO3S/c16-11-3-1-2-10(6-11)8-23(21,22)9-15(20)19-14-5-4-12(17)7-13(14)18/h1-7H,8-9H2,(H,19,20). The van der Waals surface area contributed by atoms with Crippen LogP contribution in [0.5, 0.6) is 0 Å². The quantitative estimate of drug-likeness (QED) is 0.891. The Morgan fingerprint density at radius 3 is 2.52 bits per heavy atom. The van der Waals surface area contributed by atoms with E-state index in [1.54, 1.807) is 18.2 Å². The number of rotatable bonds is 5. The van der Waals surface area contributed by atoms with Crippen molar-refractivity contribution in [2.75, 3.05) is 11.1 Å². The van der Waals surface area contributed by atoms with Crippen LogP contribution in [0.2, 0.25) is 5.02 Å². The Balaban J connectivity index is 2.03. The van der Waals surface area contributed by atoms with Crippen molar-refractivity contribution in [3.05, 3.63) is 64.7 Å². The first kappa shape index (κ1) is 17.4. The maximum Gasteiger partial charge on any atom is 0.239 e. The molecule has 0 atom stereocenters. The molecule has 0 aliphatic heterocycles. The molecule has 8 heteroatoms. The molecule has 2 aromatic carbocycles. The lowest BCUT2D eigenvalue weighted by Gasteiger charge is -2.08. The number of sulfone groups is 1. The molecule has 0 saturated heterocycles. The number of carbonyl (C=O) groups is 1.